The molecule has 1 spiro atoms. The van der Waals surface area contributed by atoms with E-state index >= 15 is 0 Å². The van der Waals surface area contributed by atoms with Crippen LogP contribution in [0.25, 0.3) is 0 Å². The Morgan fingerprint density at radius 2 is 1.56 bits per heavy atom. The number of halogens is 4. The molecule has 1 atom stereocenters. The van der Waals surface area contributed by atoms with Crippen molar-refractivity contribution in [3.05, 3.63) is 46.7 Å². The van der Waals surface area contributed by atoms with Crippen LogP contribution in [-0.4, -0.2) is 11.8 Å². The number of nitriles is 1. The molecule has 1 aliphatic carbocycles. The summed E-state index contributed by atoms with van der Waals surface area (Å²) in [5.74, 6) is -12.0. The van der Waals surface area contributed by atoms with Crippen molar-refractivity contribution in [3.8, 4) is 6.07 Å². The number of rotatable bonds is 1. The van der Waals surface area contributed by atoms with Gasteiger partial charge in [0.2, 0.25) is 0 Å². The lowest BCUT2D eigenvalue weighted by atomic mass is 9.89. The number of hydrogen-bond acceptors (Lipinski definition) is 4. The van der Waals surface area contributed by atoms with Crippen LogP contribution in [-0.2, 0) is 14.3 Å². The van der Waals surface area contributed by atoms with E-state index in [2.05, 4.69) is 6.58 Å². The van der Waals surface area contributed by atoms with Crippen LogP contribution in [0.4, 0.5) is 17.6 Å². The maximum Gasteiger partial charge on any atom is 0.324 e. The molecule has 0 radical (unpaired) electrons. The molecule has 1 aromatic carbocycles. The first kappa shape index (κ1) is 17.3. The third-order valence-corrected chi connectivity index (χ3v) is 4.47. The van der Waals surface area contributed by atoms with Crippen molar-refractivity contribution in [2.75, 3.05) is 0 Å². The zero-order chi connectivity index (χ0) is 18.4. The summed E-state index contributed by atoms with van der Waals surface area (Å²) in [7, 11) is 0. The summed E-state index contributed by atoms with van der Waals surface area (Å²) in [6.07, 6.45) is 3.17. The van der Waals surface area contributed by atoms with Crippen LogP contribution in [0, 0.1) is 34.6 Å². The molecule has 2 fully saturated rings. The third-order valence-electron chi connectivity index (χ3n) is 4.47. The lowest BCUT2D eigenvalue weighted by Gasteiger charge is -2.42. The standard InChI is InChI=1S/C17H13F4NO3/c1-8-10(16(23)25-17(24-8)5-3-2-4-6-17)11-14(20)12(18)9(7-22)13(19)15(11)21/h10H,1-6H2/t10-/m0/s1. The molecule has 1 saturated heterocycles. The Kier molecular flexibility index (Phi) is 4.19. The second kappa shape index (κ2) is 6.06. The van der Waals surface area contributed by atoms with Gasteiger partial charge in [-0.15, -0.1) is 0 Å². The molecule has 132 valence electrons. The molecule has 2 aliphatic rings. The number of esters is 1. The molecule has 0 N–H and O–H groups in total. The van der Waals surface area contributed by atoms with E-state index in [1.165, 1.54) is 0 Å². The molecule has 1 heterocycles. The summed E-state index contributed by atoms with van der Waals surface area (Å²) in [6.45, 7) is 3.49. The smallest absolute Gasteiger partial charge is 0.324 e. The van der Waals surface area contributed by atoms with Gasteiger partial charge >= 0.3 is 5.97 Å². The van der Waals surface area contributed by atoms with Crippen LogP contribution in [0.2, 0.25) is 0 Å². The van der Waals surface area contributed by atoms with Gasteiger partial charge in [-0.1, -0.05) is 13.0 Å². The summed E-state index contributed by atoms with van der Waals surface area (Å²) in [5.41, 5.74) is -2.62. The van der Waals surface area contributed by atoms with E-state index < -0.39 is 52.1 Å². The predicted molar refractivity (Wildman–Crippen MR) is 75.9 cm³/mol. The van der Waals surface area contributed by atoms with E-state index in [1.54, 1.807) is 0 Å². The van der Waals surface area contributed by atoms with Crippen LogP contribution >= 0.6 is 0 Å². The SMILES string of the molecule is C=C1OC2(CCCCC2)OC(=O)[C@@H]1c1c(F)c(F)c(C#N)c(F)c1F. The molecular formula is C17H13F4NO3. The first-order chi connectivity index (χ1) is 11.8. The molecular weight excluding hydrogens is 342 g/mol. The summed E-state index contributed by atoms with van der Waals surface area (Å²) in [4.78, 5) is 12.4. The minimum absolute atomic E-state index is 0.348. The van der Waals surface area contributed by atoms with Crippen LogP contribution in [0.5, 0.6) is 0 Å². The van der Waals surface area contributed by atoms with E-state index in [-0.39, 0.29) is 5.76 Å². The average molecular weight is 355 g/mol. The third kappa shape index (κ3) is 2.64. The van der Waals surface area contributed by atoms with Crippen LogP contribution in [0.1, 0.15) is 49.1 Å². The maximum absolute atomic E-state index is 14.2. The minimum Gasteiger partial charge on any atom is -0.456 e. The quantitative estimate of drug-likeness (QED) is 0.435. The van der Waals surface area contributed by atoms with Crippen molar-refractivity contribution in [3.63, 3.8) is 0 Å². The molecule has 3 rings (SSSR count). The number of carbonyl (C=O) groups is 1. The number of benzene rings is 1. The number of carbonyl (C=O) groups excluding carboxylic acids is 1. The Morgan fingerprint density at radius 3 is 2.04 bits per heavy atom. The normalized spacial score (nSPS) is 22.3. The van der Waals surface area contributed by atoms with Crippen molar-refractivity contribution < 1.29 is 31.8 Å². The van der Waals surface area contributed by atoms with Gasteiger partial charge in [-0.05, 0) is 12.8 Å². The van der Waals surface area contributed by atoms with Gasteiger partial charge in [0, 0.05) is 12.8 Å². The topological polar surface area (TPSA) is 59.3 Å². The fraction of sp³-hybridized carbons (Fsp3) is 0.412. The molecule has 0 aromatic heterocycles. The Balaban J connectivity index is 2.05. The van der Waals surface area contributed by atoms with E-state index in [0.29, 0.717) is 12.8 Å². The molecule has 0 amide bonds. The highest BCUT2D eigenvalue weighted by Crippen LogP contribution is 2.44. The molecule has 8 heteroatoms. The molecule has 0 unspecified atom stereocenters. The average Bonchev–Trinajstić information content (AvgIpc) is 2.57. The van der Waals surface area contributed by atoms with Crippen molar-refractivity contribution in [2.24, 2.45) is 0 Å². The van der Waals surface area contributed by atoms with Gasteiger partial charge in [0.05, 0.1) is 5.56 Å². The molecule has 4 nitrogen and oxygen atoms in total. The van der Waals surface area contributed by atoms with E-state index in [9.17, 15) is 22.4 Å². The zero-order valence-electron chi connectivity index (χ0n) is 13.0. The second-order valence-electron chi connectivity index (χ2n) is 6.05. The number of ether oxygens (including phenoxy) is 2. The Labute approximate surface area is 140 Å². The van der Waals surface area contributed by atoms with Gasteiger partial charge in [-0.3, -0.25) is 4.79 Å². The monoisotopic (exact) mass is 355 g/mol. The Bertz CT molecular complexity index is 760. The Morgan fingerprint density at radius 1 is 1.00 bits per heavy atom. The number of hydrogen-bond donors (Lipinski definition) is 0. The van der Waals surface area contributed by atoms with Crippen molar-refractivity contribution in [1.29, 1.82) is 5.26 Å². The van der Waals surface area contributed by atoms with E-state index in [0.717, 1.165) is 25.3 Å². The van der Waals surface area contributed by atoms with Gasteiger partial charge in [0.1, 0.15) is 23.3 Å². The van der Waals surface area contributed by atoms with Gasteiger partial charge in [0.15, 0.2) is 23.3 Å². The summed E-state index contributed by atoms with van der Waals surface area (Å²) in [6, 6.07) is 1.04. The first-order valence-corrected chi connectivity index (χ1v) is 7.68. The summed E-state index contributed by atoms with van der Waals surface area (Å²) >= 11 is 0. The van der Waals surface area contributed by atoms with E-state index in [4.69, 9.17) is 14.7 Å². The van der Waals surface area contributed by atoms with Crippen LogP contribution < -0.4 is 0 Å². The van der Waals surface area contributed by atoms with Crippen LogP contribution in [0.15, 0.2) is 12.3 Å². The van der Waals surface area contributed by atoms with E-state index in [1.807, 2.05) is 0 Å². The predicted octanol–water partition coefficient (Wildman–Crippen LogP) is 3.95. The van der Waals surface area contributed by atoms with Crippen molar-refractivity contribution in [1.82, 2.24) is 0 Å². The van der Waals surface area contributed by atoms with Gasteiger partial charge in [-0.2, -0.15) is 5.26 Å². The molecule has 25 heavy (non-hydrogen) atoms. The zero-order valence-corrected chi connectivity index (χ0v) is 13.0. The van der Waals surface area contributed by atoms with Crippen molar-refractivity contribution in [2.45, 2.75) is 43.8 Å². The van der Waals surface area contributed by atoms with Gasteiger partial charge < -0.3 is 9.47 Å². The maximum atomic E-state index is 14.2. The van der Waals surface area contributed by atoms with Gasteiger partial charge in [0.25, 0.3) is 5.79 Å². The molecule has 1 saturated carbocycles. The van der Waals surface area contributed by atoms with Crippen molar-refractivity contribution >= 4 is 5.97 Å². The molecule has 0 bridgehead atoms. The first-order valence-electron chi connectivity index (χ1n) is 7.68. The fourth-order valence-corrected chi connectivity index (χ4v) is 3.27. The molecule has 1 aliphatic heterocycles. The van der Waals surface area contributed by atoms with Gasteiger partial charge in [-0.25, -0.2) is 17.6 Å². The Hall–Kier alpha value is -2.56. The lowest BCUT2D eigenvalue weighted by molar-refractivity contribution is -0.248. The fourth-order valence-electron chi connectivity index (χ4n) is 3.27. The summed E-state index contributed by atoms with van der Waals surface area (Å²) in [5, 5.41) is 8.62. The molecule has 1 aromatic rings. The second-order valence-corrected chi connectivity index (χ2v) is 6.05. The summed E-state index contributed by atoms with van der Waals surface area (Å²) < 4.78 is 66.9. The van der Waals surface area contributed by atoms with Crippen LogP contribution in [0.3, 0.4) is 0 Å². The highest BCUT2D eigenvalue weighted by Gasteiger charge is 2.49. The highest BCUT2D eigenvalue weighted by atomic mass is 19.2. The largest absolute Gasteiger partial charge is 0.456 e. The minimum atomic E-state index is -1.88. The highest BCUT2D eigenvalue weighted by molar-refractivity contribution is 5.82. The lowest BCUT2D eigenvalue weighted by Crippen LogP contribution is -2.46. The number of nitrogens with zero attached hydrogens (tertiary/aromatic N) is 1.